The number of hydrogen-bond donors (Lipinski definition) is 2. The number of ether oxygens (including phenoxy) is 2. The van der Waals surface area contributed by atoms with Gasteiger partial charge in [-0.2, -0.15) is 0 Å². The summed E-state index contributed by atoms with van der Waals surface area (Å²) in [5.41, 5.74) is 0.313. The predicted molar refractivity (Wildman–Crippen MR) is 120 cm³/mol. The predicted octanol–water partition coefficient (Wildman–Crippen LogP) is 3.60. The molecule has 3 rings (SSSR count). The highest BCUT2D eigenvalue weighted by Gasteiger charge is 2.39. The molecule has 0 radical (unpaired) electrons. The van der Waals surface area contributed by atoms with Crippen LogP contribution in [-0.2, 0) is 20.9 Å². The molecule has 3 amide bonds. The maximum atomic E-state index is 13.2. The Bertz CT molecular complexity index is 787. The zero-order valence-corrected chi connectivity index (χ0v) is 19.3. The average molecular weight is 446 g/mol. The molecule has 1 heterocycles. The minimum Gasteiger partial charge on any atom is -0.445 e. The van der Waals surface area contributed by atoms with E-state index in [1.54, 1.807) is 0 Å². The summed E-state index contributed by atoms with van der Waals surface area (Å²) in [6.45, 7) is 7.10. The van der Waals surface area contributed by atoms with Crippen LogP contribution in [0.15, 0.2) is 30.3 Å². The number of carbonyl (C=O) groups excluding carboxylic acids is 3. The van der Waals surface area contributed by atoms with Crippen molar-refractivity contribution in [2.45, 2.75) is 77.2 Å². The van der Waals surface area contributed by atoms with E-state index in [2.05, 4.69) is 10.6 Å². The zero-order valence-electron chi connectivity index (χ0n) is 19.3. The fourth-order valence-electron chi connectivity index (χ4n) is 4.31. The van der Waals surface area contributed by atoms with Crippen LogP contribution in [-0.4, -0.2) is 53.8 Å². The fraction of sp³-hybridized carbons (Fsp3) is 0.625. The average Bonchev–Trinajstić information content (AvgIpc) is 3.27. The van der Waals surface area contributed by atoms with E-state index in [1.165, 1.54) is 0 Å². The lowest BCUT2D eigenvalue weighted by atomic mass is 9.80. The lowest BCUT2D eigenvalue weighted by Crippen LogP contribution is -2.54. The molecule has 3 atom stereocenters. The smallest absolute Gasteiger partial charge is 0.407 e. The third kappa shape index (κ3) is 7.14. The third-order valence-electron chi connectivity index (χ3n) is 5.82. The molecule has 2 fully saturated rings. The van der Waals surface area contributed by atoms with Crippen LogP contribution in [0.25, 0.3) is 0 Å². The number of alkyl carbamates (subject to hydrolysis) is 2. The lowest BCUT2D eigenvalue weighted by molar-refractivity contribution is -0.136. The maximum absolute atomic E-state index is 13.2. The summed E-state index contributed by atoms with van der Waals surface area (Å²) in [6, 6.07) is 8.95. The number of nitrogens with zero attached hydrogens (tertiary/aromatic N) is 1. The summed E-state index contributed by atoms with van der Waals surface area (Å²) in [7, 11) is 0. The highest BCUT2D eigenvalue weighted by atomic mass is 16.6. The minimum absolute atomic E-state index is 0.0338. The van der Waals surface area contributed by atoms with Gasteiger partial charge in [-0.05, 0) is 58.4 Å². The Hall–Kier alpha value is -2.77. The number of amides is 3. The number of carbonyl (C=O) groups is 3. The topological polar surface area (TPSA) is 97.0 Å². The number of likely N-dealkylation sites (tertiary alicyclic amines) is 1. The van der Waals surface area contributed by atoms with Gasteiger partial charge in [0, 0.05) is 25.2 Å². The Kier molecular flexibility index (Phi) is 7.99. The first-order valence-corrected chi connectivity index (χ1v) is 11.5. The largest absolute Gasteiger partial charge is 0.445 e. The highest BCUT2D eigenvalue weighted by molar-refractivity contribution is 5.81. The first-order valence-electron chi connectivity index (χ1n) is 11.5. The summed E-state index contributed by atoms with van der Waals surface area (Å²) in [5, 5.41) is 5.80. The molecule has 1 saturated carbocycles. The molecule has 176 valence electrons. The van der Waals surface area contributed by atoms with E-state index < -0.39 is 23.7 Å². The molecular weight excluding hydrogens is 410 g/mol. The van der Waals surface area contributed by atoms with Gasteiger partial charge in [-0.1, -0.05) is 30.3 Å². The molecule has 8 heteroatoms. The van der Waals surface area contributed by atoms with E-state index in [0.29, 0.717) is 19.3 Å². The standard InChI is InChI=1S/C24H35N3O5/c1-24(2,3)32-23(30)25-18-11-12-20(19(15-18)21(28)27-13-7-8-14-27)26-22(29)31-16-17-9-5-4-6-10-17/h4-6,9-10,18-20H,7-8,11-16H2,1-3H3,(H,25,30)(H,26,29)/t18-,19+,20+/m1/s1. The van der Waals surface area contributed by atoms with Gasteiger partial charge in [0.25, 0.3) is 0 Å². The quantitative estimate of drug-likeness (QED) is 0.722. The fourth-order valence-corrected chi connectivity index (χ4v) is 4.31. The van der Waals surface area contributed by atoms with Crippen molar-refractivity contribution >= 4 is 18.1 Å². The van der Waals surface area contributed by atoms with Crippen LogP contribution in [0, 0.1) is 5.92 Å². The van der Waals surface area contributed by atoms with Crippen molar-refractivity contribution in [1.29, 1.82) is 0 Å². The van der Waals surface area contributed by atoms with Crippen LogP contribution < -0.4 is 10.6 Å². The number of hydrogen-bond acceptors (Lipinski definition) is 5. The Morgan fingerprint density at radius 3 is 2.34 bits per heavy atom. The van der Waals surface area contributed by atoms with Crippen molar-refractivity contribution in [2.24, 2.45) is 5.92 Å². The Morgan fingerprint density at radius 1 is 1.00 bits per heavy atom. The van der Waals surface area contributed by atoms with E-state index in [4.69, 9.17) is 9.47 Å². The second-order valence-corrected chi connectivity index (χ2v) is 9.61. The molecule has 0 spiro atoms. The van der Waals surface area contributed by atoms with Gasteiger partial charge in [0.05, 0.1) is 5.92 Å². The van der Waals surface area contributed by atoms with E-state index in [9.17, 15) is 14.4 Å². The second kappa shape index (κ2) is 10.7. The van der Waals surface area contributed by atoms with Gasteiger partial charge in [-0.3, -0.25) is 4.79 Å². The number of rotatable bonds is 5. The van der Waals surface area contributed by atoms with Crippen molar-refractivity contribution in [3.63, 3.8) is 0 Å². The van der Waals surface area contributed by atoms with Gasteiger partial charge < -0.3 is 25.0 Å². The van der Waals surface area contributed by atoms with E-state index >= 15 is 0 Å². The molecule has 2 aliphatic rings. The summed E-state index contributed by atoms with van der Waals surface area (Å²) in [6.07, 6.45) is 2.65. The van der Waals surface area contributed by atoms with Gasteiger partial charge in [0.2, 0.25) is 5.91 Å². The summed E-state index contributed by atoms with van der Waals surface area (Å²) < 4.78 is 10.7. The van der Waals surface area contributed by atoms with Crippen LogP contribution in [0.3, 0.4) is 0 Å². The molecule has 1 saturated heterocycles. The van der Waals surface area contributed by atoms with Crippen molar-refractivity contribution in [3.05, 3.63) is 35.9 Å². The number of nitrogens with one attached hydrogen (secondary N) is 2. The van der Waals surface area contributed by atoms with Gasteiger partial charge in [0.1, 0.15) is 12.2 Å². The molecule has 0 unspecified atom stereocenters. The van der Waals surface area contributed by atoms with Crippen molar-refractivity contribution in [3.8, 4) is 0 Å². The van der Waals surface area contributed by atoms with E-state index in [-0.39, 0.29) is 24.6 Å². The molecule has 8 nitrogen and oxygen atoms in total. The molecule has 1 aromatic rings. The van der Waals surface area contributed by atoms with Gasteiger partial charge in [-0.25, -0.2) is 9.59 Å². The van der Waals surface area contributed by atoms with Crippen LogP contribution in [0.4, 0.5) is 9.59 Å². The second-order valence-electron chi connectivity index (χ2n) is 9.61. The Labute approximate surface area is 190 Å². The molecule has 2 N–H and O–H groups in total. The SMILES string of the molecule is CC(C)(C)OC(=O)N[C@@H]1CC[C@H](NC(=O)OCc2ccccc2)[C@@H](C(=O)N2CCCC2)C1. The van der Waals surface area contributed by atoms with Crippen molar-refractivity contribution in [2.75, 3.05) is 13.1 Å². The Morgan fingerprint density at radius 2 is 1.69 bits per heavy atom. The summed E-state index contributed by atoms with van der Waals surface area (Å²) in [5.74, 6) is -0.377. The molecule has 0 aromatic heterocycles. The molecule has 1 aromatic carbocycles. The molecule has 1 aliphatic carbocycles. The molecular formula is C24H35N3O5. The summed E-state index contributed by atoms with van der Waals surface area (Å²) >= 11 is 0. The van der Waals surface area contributed by atoms with Gasteiger partial charge >= 0.3 is 12.2 Å². The van der Waals surface area contributed by atoms with Gasteiger partial charge in [-0.15, -0.1) is 0 Å². The van der Waals surface area contributed by atoms with Gasteiger partial charge in [0.15, 0.2) is 0 Å². The maximum Gasteiger partial charge on any atom is 0.407 e. The third-order valence-corrected chi connectivity index (χ3v) is 5.82. The summed E-state index contributed by atoms with van der Waals surface area (Å²) in [4.78, 5) is 39.7. The van der Waals surface area contributed by atoms with Crippen LogP contribution in [0.2, 0.25) is 0 Å². The van der Waals surface area contributed by atoms with Crippen LogP contribution in [0.1, 0.15) is 58.4 Å². The Balaban J connectivity index is 1.60. The molecule has 0 bridgehead atoms. The first-order chi connectivity index (χ1) is 15.2. The van der Waals surface area contributed by atoms with Crippen LogP contribution in [0.5, 0.6) is 0 Å². The number of benzene rings is 1. The molecule has 32 heavy (non-hydrogen) atoms. The monoisotopic (exact) mass is 445 g/mol. The normalized spacial score (nSPS) is 23.3. The van der Waals surface area contributed by atoms with E-state index in [0.717, 1.165) is 31.5 Å². The van der Waals surface area contributed by atoms with Crippen molar-refractivity contribution < 1.29 is 23.9 Å². The minimum atomic E-state index is -0.587. The molecule has 1 aliphatic heterocycles. The lowest BCUT2D eigenvalue weighted by Gasteiger charge is -2.37. The zero-order chi connectivity index (χ0) is 23.1. The van der Waals surface area contributed by atoms with Crippen LogP contribution >= 0.6 is 0 Å². The van der Waals surface area contributed by atoms with Crippen molar-refractivity contribution in [1.82, 2.24) is 15.5 Å². The van der Waals surface area contributed by atoms with E-state index in [1.807, 2.05) is 56.0 Å². The first kappa shape index (κ1) is 23.9. The highest BCUT2D eigenvalue weighted by Crippen LogP contribution is 2.28.